The first-order chi connectivity index (χ1) is 10.1. The molecule has 2 heterocycles. The second-order valence-corrected chi connectivity index (χ2v) is 6.89. The number of hydrogen-bond donors (Lipinski definition) is 1. The Kier molecular flexibility index (Phi) is 3.85. The molecule has 112 valence electrons. The van der Waals surface area contributed by atoms with Crippen LogP contribution in [0.1, 0.15) is 57.2 Å². The van der Waals surface area contributed by atoms with Crippen molar-refractivity contribution in [3.63, 3.8) is 0 Å². The van der Waals surface area contributed by atoms with Gasteiger partial charge in [-0.3, -0.25) is 9.48 Å². The SMILES string of the molecule is CCc1cc(C(=O)N[C@H]2CCCc3c2cnn3C)sc1C. The molecule has 0 aliphatic heterocycles. The Hall–Kier alpha value is -1.62. The van der Waals surface area contributed by atoms with Crippen molar-refractivity contribution < 1.29 is 4.79 Å². The molecular weight excluding hydrogens is 282 g/mol. The van der Waals surface area contributed by atoms with Crippen molar-refractivity contribution in [2.75, 3.05) is 0 Å². The molecule has 0 fully saturated rings. The van der Waals surface area contributed by atoms with Gasteiger partial charge in [0.25, 0.3) is 5.91 Å². The van der Waals surface area contributed by atoms with Crippen LogP contribution in [0.2, 0.25) is 0 Å². The van der Waals surface area contributed by atoms with Crippen molar-refractivity contribution in [1.29, 1.82) is 0 Å². The molecule has 0 aromatic carbocycles. The molecule has 0 radical (unpaired) electrons. The molecule has 21 heavy (non-hydrogen) atoms. The third kappa shape index (κ3) is 2.62. The van der Waals surface area contributed by atoms with E-state index in [1.807, 2.05) is 24.0 Å². The van der Waals surface area contributed by atoms with Gasteiger partial charge in [-0.1, -0.05) is 6.92 Å². The average molecular weight is 303 g/mol. The van der Waals surface area contributed by atoms with Gasteiger partial charge in [0.2, 0.25) is 0 Å². The number of nitrogens with zero attached hydrogens (tertiary/aromatic N) is 2. The Morgan fingerprint density at radius 1 is 1.57 bits per heavy atom. The van der Waals surface area contributed by atoms with Crippen LogP contribution in [-0.2, 0) is 19.9 Å². The van der Waals surface area contributed by atoms with E-state index in [1.54, 1.807) is 11.3 Å². The zero-order valence-corrected chi connectivity index (χ0v) is 13.6. The highest BCUT2D eigenvalue weighted by Crippen LogP contribution is 2.30. The van der Waals surface area contributed by atoms with Gasteiger partial charge in [0.15, 0.2) is 0 Å². The van der Waals surface area contributed by atoms with E-state index in [0.717, 1.165) is 30.6 Å². The number of aromatic nitrogens is 2. The number of thiophene rings is 1. The van der Waals surface area contributed by atoms with E-state index in [4.69, 9.17) is 0 Å². The van der Waals surface area contributed by atoms with Crippen molar-refractivity contribution in [2.45, 2.75) is 45.6 Å². The monoisotopic (exact) mass is 303 g/mol. The van der Waals surface area contributed by atoms with Crippen LogP contribution in [0.5, 0.6) is 0 Å². The zero-order chi connectivity index (χ0) is 15.0. The van der Waals surface area contributed by atoms with Crippen LogP contribution in [0.3, 0.4) is 0 Å². The summed E-state index contributed by atoms with van der Waals surface area (Å²) in [6, 6.07) is 2.13. The molecule has 2 aromatic heterocycles. The first-order valence-corrected chi connectivity index (χ1v) is 8.32. The van der Waals surface area contributed by atoms with Crippen LogP contribution in [0.15, 0.2) is 12.3 Å². The minimum Gasteiger partial charge on any atom is -0.344 e. The van der Waals surface area contributed by atoms with Crippen molar-refractivity contribution in [1.82, 2.24) is 15.1 Å². The molecule has 1 amide bonds. The van der Waals surface area contributed by atoms with Gasteiger partial charge in [-0.25, -0.2) is 0 Å². The van der Waals surface area contributed by atoms with Crippen LogP contribution in [0, 0.1) is 6.92 Å². The molecule has 0 saturated carbocycles. The van der Waals surface area contributed by atoms with Gasteiger partial charge in [-0.2, -0.15) is 5.10 Å². The molecule has 0 spiro atoms. The average Bonchev–Trinajstić information content (AvgIpc) is 3.03. The molecule has 1 aliphatic rings. The predicted molar refractivity (Wildman–Crippen MR) is 84.8 cm³/mol. The van der Waals surface area contributed by atoms with Gasteiger partial charge in [-0.05, 0) is 44.2 Å². The van der Waals surface area contributed by atoms with E-state index in [2.05, 4.69) is 24.3 Å². The summed E-state index contributed by atoms with van der Waals surface area (Å²) in [7, 11) is 1.97. The number of hydrogen-bond acceptors (Lipinski definition) is 3. The second-order valence-electron chi connectivity index (χ2n) is 5.63. The highest BCUT2D eigenvalue weighted by Gasteiger charge is 2.25. The van der Waals surface area contributed by atoms with Crippen molar-refractivity contribution in [3.05, 3.63) is 38.8 Å². The maximum atomic E-state index is 12.5. The predicted octanol–water partition coefficient (Wildman–Crippen LogP) is 3.16. The fraction of sp³-hybridized carbons (Fsp3) is 0.500. The quantitative estimate of drug-likeness (QED) is 0.947. The maximum Gasteiger partial charge on any atom is 0.261 e. The minimum atomic E-state index is 0.0458. The molecule has 0 unspecified atom stereocenters. The summed E-state index contributed by atoms with van der Waals surface area (Å²) in [6.45, 7) is 4.21. The molecular formula is C16H21N3OS. The Bertz CT molecular complexity index is 671. The number of carbonyl (C=O) groups is 1. The van der Waals surface area contributed by atoms with E-state index in [0.29, 0.717) is 0 Å². The lowest BCUT2D eigenvalue weighted by atomic mass is 9.93. The first kappa shape index (κ1) is 14.3. The van der Waals surface area contributed by atoms with Gasteiger partial charge in [-0.15, -0.1) is 11.3 Å². The van der Waals surface area contributed by atoms with Crippen molar-refractivity contribution in [2.24, 2.45) is 7.05 Å². The highest BCUT2D eigenvalue weighted by atomic mass is 32.1. The molecule has 1 atom stereocenters. The summed E-state index contributed by atoms with van der Waals surface area (Å²) >= 11 is 1.59. The molecule has 2 aromatic rings. The van der Waals surface area contributed by atoms with E-state index in [9.17, 15) is 4.79 Å². The fourth-order valence-electron chi connectivity index (χ4n) is 3.07. The van der Waals surface area contributed by atoms with Gasteiger partial charge in [0.05, 0.1) is 17.1 Å². The maximum absolute atomic E-state index is 12.5. The Balaban J connectivity index is 1.79. The summed E-state index contributed by atoms with van der Waals surface area (Å²) in [4.78, 5) is 14.5. The Morgan fingerprint density at radius 3 is 3.10 bits per heavy atom. The largest absolute Gasteiger partial charge is 0.344 e. The van der Waals surface area contributed by atoms with E-state index < -0.39 is 0 Å². The Labute approximate surface area is 129 Å². The molecule has 0 saturated heterocycles. The summed E-state index contributed by atoms with van der Waals surface area (Å²) in [5.74, 6) is 0.0458. The van der Waals surface area contributed by atoms with Crippen LogP contribution < -0.4 is 5.32 Å². The lowest BCUT2D eigenvalue weighted by Crippen LogP contribution is -2.30. The minimum absolute atomic E-state index is 0.0458. The molecule has 1 aliphatic carbocycles. The summed E-state index contributed by atoms with van der Waals surface area (Å²) in [6.07, 6.45) is 6.02. The number of carbonyl (C=O) groups excluding carboxylic acids is 1. The van der Waals surface area contributed by atoms with Gasteiger partial charge < -0.3 is 5.32 Å². The Morgan fingerprint density at radius 2 is 2.38 bits per heavy atom. The van der Waals surface area contributed by atoms with Gasteiger partial charge in [0.1, 0.15) is 0 Å². The number of aryl methyl sites for hydroxylation is 3. The number of amides is 1. The van der Waals surface area contributed by atoms with Gasteiger partial charge >= 0.3 is 0 Å². The third-order valence-electron chi connectivity index (χ3n) is 4.31. The van der Waals surface area contributed by atoms with Crippen LogP contribution in [0.25, 0.3) is 0 Å². The molecule has 1 N–H and O–H groups in total. The van der Waals surface area contributed by atoms with Crippen LogP contribution in [-0.4, -0.2) is 15.7 Å². The third-order valence-corrected chi connectivity index (χ3v) is 5.40. The summed E-state index contributed by atoms with van der Waals surface area (Å²) in [5, 5.41) is 7.52. The lowest BCUT2D eigenvalue weighted by Gasteiger charge is -2.23. The zero-order valence-electron chi connectivity index (χ0n) is 12.8. The molecule has 4 nitrogen and oxygen atoms in total. The van der Waals surface area contributed by atoms with Gasteiger partial charge in [0, 0.05) is 23.2 Å². The topological polar surface area (TPSA) is 46.9 Å². The molecule has 5 heteroatoms. The highest BCUT2D eigenvalue weighted by molar-refractivity contribution is 7.14. The smallest absolute Gasteiger partial charge is 0.261 e. The standard InChI is InChI=1S/C16H21N3OS/c1-4-11-8-15(21-10(11)2)16(20)18-13-6-5-7-14-12(13)9-17-19(14)3/h8-9,13H,4-7H2,1-3H3,(H,18,20)/t13-/m0/s1. The fourth-order valence-corrected chi connectivity index (χ4v) is 4.09. The van der Waals surface area contributed by atoms with E-state index >= 15 is 0 Å². The normalized spacial score (nSPS) is 17.6. The number of nitrogens with one attached hydrogen (secondary N) is 1. The molecule has 0 bridgehead atoms. The summed E-state index contributed by atoms with van der Waals surface area (Å²) in [5.41, 5.74) is 3.71. The van der Waals surface area contributed by atoms with E-state index in [1.165, 1.54) is 21.7 Å². The molecule has 3 rings (SSSR count). The van der Waals surface area contributed by atoms with E-state index in [-0.39, 0.29) is 11.9 Å². The summed E-state index contributed by atoms with van der Waals surface area (Å²) < 4.78 is 1.93. The number of rotatable bonds is 3. The lowest BCUT2D eigenvalue weighted by molar-refractivity contribution is 0.0936. The van der Waals surface area contributed by atoms with Crippen molar-refractivity contribution in [3.8, 4) is 0 Å². The number of fused-ring (bicyclic) bond motifs is 1. The van der Waals surface area contributed by atoms with Crippen LogP contribution >= 0.6 is 11.3 Å². The first-order valence-electron chi connectivity index (χ1n) is 7.51. The van der Waals surface area contributed by atoms with Crippen molar-refractivity contribution >= 4 is 17.2 Å². The van der Waals surface area contributed by atoms with Crippen LogP contribution in [0.4, 0.5) is 0 Å². The second kappa shape index (κ2) is 5.64.